The Morgan fingerprint density at radius 1 is 1.35 bits per heavy atom. The molecular weight excluding hydrogens is 255 g/mol. The third kappa shape index (κ3) is 3.30. The number of hydrogen-bond donors (Lipinski definition) is 1. The van der Waals surface area contributed by atoms with Gasteiger partial charge in [-0.15, -0.1) is 0 Å². The summed E-state index contributed by atoms with van der Waals surface area (Å²) in [5, 5.41) is 3.40. The van der Waals surface area contributed by atoms with Crippen LogP contribution < -0.4 is 10.2 Å². The van der Waals surface area contributed by atoms with E-state index in [0.717, 1.165) is 37.2 Å². The Labute approximate surface area is 120 Å². The Morgan fingerprint density at radius 2 is 2.20 bits per heavy atom. The zero-order valence-electron chi connectivity index (χ0n) is 12.1. The molecule has 2 fully saturated rings. The lowest BCUT2D eigenvalue weighted by Crippen LogP contribution is -2.30. The standard InChI is InChI=1S/C16H23FN2O/c1-19(11-13-4-3-9-20-13)16-6-2-5-15(17)14(16)10-18-12-7-8-12/h2,5-6,12-13,18H,3-4,7-11H2,1H3. The lowest BCUT2D eigenvalue weighted by atomic mass is 10.1. The molecule has 4 heteroatoms. The van der Waals surface area contributed by atoms with Crippen molar-refractivity contribution >= 4 is 5.69 Å². The van der Waals surface area contributed by atoms with Crippen molar-refractivity contribution < 1.29 is 9.13 Å². The van der Waals surface area contributed by atoms with Gasteiger partial charge in [-0.25, -0.2) is 4.39 Å². The highest BCUT2D eigenvalue weighted by atomic mass is 19.1. The fourth-order valence-corrected chi connectivity index (χ4v) is 2.81. The van der Waals surface area contributed by atoms with Crippen molar-refractivity contribution in [1.82, 2.24) is 5.32 Å². The molecule has 2 aliphatic rings. The van der Waals surface area contributed by atoms with E-state index in [4.69, 9.17) is 4.74 Å². The summed E-state index contributed by atoms with van der Waals surface area (Å²) in [5.41, 5.74) is 1.76. The molecule has 0 spiro atoms. The largest absolute Gasteiger partial charge is 0.376 e. The molecule has 0 bridgehead atoms. The smallest absolute Gasteiger partial charge is 0.129 e. The van der Waals surface area contributed by atoms with E-state index >= 15 is 0 Å². The van der Waals surface area contributed by atoms with Crippen molar-refractivity contribution in [1.29, 1.82) is 0 Å². The summed E-state index contributed by atoms with van der Waals surface area (Å²) in [4.78, 5) is 2.13. The molecule has 1 saturated heterocycles. The SMILES string of the molecule is CN(CC1CCCO1)c1cccc(F)c1CNC1CC1. The summed E-state index contributed by atoms with van der Waals surface area (Å²) in [6, 6.07) is 5.93. The average Bonchev–Trinajstić information content (AvgIpc) is 3.13. The van der Waals surface area contributed by atoms with Crippen LogP contribution in [-0.2, 0) is 11.3 Å². The van der Waals surface area contributed by atoms with E-state index in [9.17, 15) is 4.39 Å². The first-order valence-electron chi connectivity index (χ1n) is 7.57. The number of halogens is 1. The molecule has 0 aromatic heterocycles. The van der Waals surface area contributed by atoms with Crippen LogP contribution >= 0.6 is 0 Å². The Bertz CT molecular complexity index is 456. The Hall–Kier alpha value is -1.13. The van der Waals surface area contributed by atoms with Crippen molar-refractivity contribution in [3.8, 4) is 0 Å². The minimum atomic E-state index is -0.116. The molecule has 0 amide bonds. The second kappa shape index (κ2) is 6.10. The van der Waals surface area contributed by atoms with Crippen LogP contribution in [-0.4, -0.2) is 32.3 Å². The summed E-state index contributed by atoms with van der Waals surface area (Å²) in [7, 11) is 2.02. The molecule has 1 N–H and O–H groups in total. The third-order valence-electron chi connectivity index (χ3n) is 4.15. The van der Waals surface area contributed by atoms with Crippen molar-refractivity contribution in [2.24, 2.45) is 0 Å². The van der Waals surface area contributed by atoms with Crippen molar-refractivity contribution in [2.45, 2.75) is 44.4 Å². The van der Waals surface area contributed by atoms with E-state index < -0.39 is 0 Å². The molecule has 20 heavy (non-hydrogen) atoms. The van der Waals surface area contributed by atoms with Crippen LogP contribution in [0.2, 0.25) is 0 Å². The van der Waals surface area contributed by atoms with E-state index in [1.165, 1.54) is 12.8 Å². The summed E-state index contributed by atoms with van der Waals surface area (Å²) in [6.07, 6.45) is 4.96. The quantitative estimate of drug-likeness (QED) is 0.866. The van der Waals surface area contributed by atoms with Crippen LogP contribution in [0, 0.1) is 5.82 Å². The maximum Gasteiger partial charge on any atom is 0.129 e. The van der Waals surface area contributed by atoms with E-state index in [2.05, 4.69) is 10.2 Å². The number of ether oxygens (including phenoxy) is 1. The minimum absolute atomic E-state index is 0.116. The monoisotopic (exact) mass is 278 g/mol. The van der Waals surface area contributed by atoms with Gasteiger partial charge in [0, 0.05) is 44.0 Å². The first-order valence-corrected chi connectivity index (χ1v) is 7.57. The summed E-state index contributed by atoms with van der Waals surface area (Å²) in [5.74, 6) is -0.116. The molecule has 3 rings (SSSR count). The fraction of sp³-hybridized carbons (Fsp3) is 0.625. The van der Waals surface area contributed by atoms with Crippen molar-refractivity contribution in [3.05, 3.63) is 29.6 Å². The number of rotatable bonds is 6. The predicted octanol–water partition coefficient (Wildman–Crippen LogP) is 2.69. The molecule has 1 aromatic carbocycles. The molecule has 1 heterocycles. The van der Waals surface area contributed by atoms with Gasteiger partial charge in [0.1, 0.15) is 5.82 Å². The van der Waals surface area contributed by atoms with E-state index in [1.807, 2.05) is 13.1 Å². The summed E-state index contributed by atoms with van der Waals surface area (Å²) in [6.45, 7) is 2.31. The number of nitrogens with one attached hydrogen (secondary N) is 1. The van der Waals surface area contributed by atoms with Gasteiger partial charge in [-0.1, -0.05) is 6.07 Å². The number of likely N-dealkylation sites (N-methyl/N-ethyl adjacent to an activating group) is 1. The molecule has 110 valence electrons. The lowest BCUT2D eigenvalue weighted by Gasteiger charge is -2.25. The van der Waals surface area contributed by atoms with Gasteiger partial charge in [-0.05, 0) is 37.8 Å². The van der Waals surface area contributed by atoms with Crippen LogP contribution in [0.3, 0.4) is 0 Å². The minimum Gasteiger partial charge on any atom is -0.376 e. The highest BCUT2D eigenvalue weighted by Crippen LogP contribution is 2.26. The van der Waals surface area contributed by atoms with Gasteiger partial charge in [0.05, 0.1) is 6.10 Å². The van der Waals surface area contributed by atoms with Gasteiger partial charge in [-0.2, -0.15) is 0 Å². The summed E-state index contributed by atoms with van der Waals surface area (Å²) >= 11 is 0. The van der Waals surface area contributed by atoms with Gasteiger partial charge >= 0.3 is 0 Å². The van der Waals surface area contributed by atoms with Gasteiger partial charge in [0.15, 0.2) is 0 Å². The van der Waals surface area contributed by atoms with E-state index in [1.54, 1.807) is 12.1 Å². The van der Waals surface area contributed by atoms with Gasteiger partial charge < -0.3 is 15.0 Å². The molecule has 3 nitrogen and oxygen atoms in total. The highest BCUT2D eigenvalue weighted by molar-refractivity contribution is 5.53. The zero-order valence-corrected chi connectivity index (χ0v) is 12.1. The number of benzene rings is 1. The Kier molecular flexibility index (Phi) is 4.22. The molecule has 0 radical (unpaired) electrons. The van der Waals surface area contributed by atoms with Gasteiger partial charge in [0.25, 0.3) is 0 Å². The summed E-state index contributed by atoms with van der Waals surface area (Å²) < 4.78 is 19.8. The fourth-order valence-electron chi connectivity index (χ4n) is 2.81. The second-order valence-corrected chi connectivity index (χ2v) is 5.91. The number of hydrogen-bond acceptors (Lipinski definition) is 3. The lowest BCUT2D eigenvalue weighted by molar-refractivity contribution is 0.116. The first-order chi connectivity index (χ1) is 9.74. The molecule has 1 aliphatic carbocycles. The molecule has 1 saturated carbocycles. The Balaban J connectivity index is 1.70. The molecule has 1 aliphatic heterocycles. The molecule has 1 unspecified atom stereocenters. The average molecular weight is 278 g/mol. The van der Waals surface area contributed by atoms with Crippen LogP contribution in [0.4, 0.5) is 10.1 Å². The van der Waals surface area contributed by atoms with Crippen LogP contribution in [0.5, 0.6) is 0 Å². The topological polar surface area (TPSA) is 24.5 Å². The number of anilines is 1. The van der Waals surface area contributed by atoms with Crippen LogP contribution in [0.1, 0.15) is 31.2 Å². The van der Waals surface area contributed by atoms with Crippen molar-refractivity contribution in [3.63, 3.8) is 0 Å². The predicted molar refractivity (Wildman–Crippen MR) is 78.5 cm³/mol. The first kappa shape index (κ1) is 13.8. The number of nitrogens with zero attached hydrogens (tertiary/aromatic N) is 1. The maximum absolute atomic E-state index is 14.1. The molecular formula is C16H23FN2O. The maximum atomic E-state index is 14.1. The molecule has 1 aromatic rings. The van der Waals surface area contributed by atoms with Crippen LogP contribution in [0.25, 0.3) is 0 Å². The Morgan fingerprint density at radius 3 is 2.90 bits per heavy atom. The van der Waals surface area contributed by atoms with Crippen molar-refractivity contribution in [2.75, 3.05) is 25.1 Å². The van der Waals surface area contributed by atoms with E-state index in [0.29, 0.717) is 12.6 Å². The second-order valence-electron chi connectivity index (χ2n) is 5.91. The van der Waals surface area contributed by atoms with Gasteiger partial charge in [-0.3, -0.25) is 0 Å². The zero-order chi connectivity index (χ0) is 13.9. The molecule has 1 atom stereocenters. The third-order valence-corrected chi connectivity index (χ3v) is 4.15. The van der Waals surface area contributed by atoms with Crippen LogP contribution in [0.15, 0.2) is 18.2 Å². The highest BCUT2D eigenvalue weighted by Gasteiger charge is 2.23. The van der Waals surface area contributed by atoms with E-state index in [-0.39, 0.29) is 11.9 Å². The normalized spacial score (nSPS) is 22.2. The van der Waals surface area contributed by atoms with Gasteiger partial charge in [0.2, 0.25) is 0 Å².